The second-order valence-corrected chi connectivity index (χ2v) is 6.24. The summed E-state index contributed by atoms with van der Waals surface area (Å²) >= 11 is 5.17. The van der Waals surface area contributed by atoms with Crippen molar-refractivity contribution in [2.24, 2.45) is 0 Å². The molecule has 0 aliphatic heterocycles. The Hall–Kier alpha value is -1.70. The van der Waals surface area contributed by atoms with Gasteiger partial charge in [-0.3, -0.25) is 0 Å². The van der Waals surface area contributed by atoms with Gasteiger partial charge in [-0.1, -0.05) is 28.1 Å². The van der Waals surface area contributed by atoms with Gasteiger partial charge >= 0.3 is 0 Å². The van der Waals surface area contributed by atoms with Gasteiger partial charge in [0.2, 0.25) is 0 Å². The van der Waals surface area contributed by atoms with E-state index >= 15 is 0 Å². The Balaban J connectivity index is 1.90. The summed E-state index contributed by atoms with van der Waals surface area (Å²) in [6, 6.07) is 15.9. The molecule has 0 aliphatic rings. The lowest BCUT2D eigenvalue weighted by Crippen LogP contribution is -1.86. The molecule has 4 heteroatoms. The van der Waals surface area contributed by atoms with Crippen molar-refractivity contribution in [3.8, 4) is 6.07 Å². The first-order chi connectivity index (χ1) is 9.24. The van der Waals surface area contributed by atoms with Crippen LogP contribution in [0.25, 0.3) is 10.2 Å². The quantitative estimate of drug-likeness (QED) is 0.693. The van der Waals surface area contributed by atoms with E-state index in [1.165, 1.54) is 10.3 Å². The average molecular weight is 329 g/mol. The summed E-state index contributed by atoms with van der Waals surface area (Å²) in [5.74, 6) is 0. The Labute approximate surface area is 123 Å². The average Bonchev–Trinajstić information content (AvgIpc) is 2.81. The lowest BCUT2D eigenvalue weighted by Gasteiger charge is -1.97. The predicted octanol–water partition coefficient (Wildman–Crippen LogP) is 4.52. The fourth-order valence-electron chi connectivity index (χ4n) is 1.90. The van der Waals surface area contributed by atoms with Crippen LogP contribution >= 0.6 is 27.3 Å². The van der Waals surface area contributed by atoms with Crippen LogP contribution in [-0.2, 0) is 6.42 Å². The van der Waals surface area contributed by atoms with Gasteiger partial charge in [0.1, 0.15) is 0 Å². The van der Waals surface area contributed by atoms with Gasteiger partial charge in [0.05, 0.1) is 26.9 Å². The maximum absolute atomic E-state index is 8.77. The highest BCUT2D eigenvalue weighted by molar-refractivity contribution is 9.10. The lowest BCUT2D eigenvalue weighted by molar-refractivity contribution is 1.15. The van der Waals surface area contributed by atoms with Crippen molar-refractivity contribution >= 4 is 37.5 Å². The van der Waals surface area contributed by atoms with Crippen LogP contribution in [0.5, 0.6) is 0 Å². The zero-order chi connectivity index (χ0) is 13.2. The van der Waals surface area contributed by atoms with Crippen molar-refractivity contribution < 1.29 is 0 Å². The molecule has 2 aromatic carbocycles. The molecular weight excluding hydrogens is 320 g/mol. The molecule has 3 aromatic rings. The standard InChI is InChI=1S/C15H9BrN2S/c16-12-5-6-14-13(8-12)18-15(19-14)7-10-1-3-11(9-17)4-2-10/h1-6,8H,7H2. The van der Waals surface area contributed by atoms with E-state index in [1.807, 2.05) is 36.4 Å². The zero-order valence-corrected chi connectivity index (χ0v) is 12.3. The van der Waals surface area contributed by atoms with Crippen molar-refractivity contribution in [3.63, 3.8) is 0 Å². The molecule has 3 rings (SSSR count). The summed E-state index contributed by atoms with van der Waals surface area (Å²) in [6.07, 6.45) is 0.808. The molecule has 0 aliphatic carbocycles. The number of hydrogen-bond acceptors (Lipinski definition) is 3. The Kier molecular flexibility index (Phi) is 3.33. The highest BCUT2D eigenvalue weighted by Crippen LogP contribution is 2.26. The van der Waals surface area contributed by atoms with Crippen molar-refractivity contribution in [1.82, 2.24) is 4.98 Å². The first-order valence-corrected chi connectivity index (χ1v) is 7.39. The third kappa shape index (κ3) is 2.67. The van der Waals surface area contributed by atoms with Gasteiger partial charge in [-0.05, 0) is 35.9 Å². The lowest BCUT2D eigenvalue weighted by atomic mass is 10.1. The normalized spacial score (nSPS) is 10.5. The highest BCUT2D eigenvalue weighted by atomic mass is 79.9. The summed E-state index contributed by atoms with van der Waals surface area (Å²) in [5.41, 5.74) is 2.90. The van der Waals surface area contributed by atoms with Crippen LogP contribution in [0.4, 0.5) is 0 Å². The van der Waals surface area contributed by atoms with Gasteiger partial charge in [0.15, 0.2) is 0 Å². The van der Waals surface area contributed by atoms with Crippen LogP contribution in [0.15, 0.2) is 46.9 Å². The molecule has 1 aromatic heterocycles. The molecule has 0 N–H and O–H groups in total. The predicted molar refractivity (Wildman–Crippen MR) is 81.3 cm³/mol. The number of fused-ring (bicyclic) bond motifs is 1. The van der Waals surface area contributed by atoms with Crippen LogP contribution in [-0.4, -0.2) is 4.98 Å². The maximum atomic E-state index is 8.77. The van der Waals surface area contributed by atoms with Crippen molar-refractivity contribution in [2.45, 2.75) is 6.42 Å². The van der Waals surface area contributed by atoms with Gasteiger partial charge in [-0.15, -0.1) is 11.3 Å². The number of hydrogen-bond donors (Lipinski definition) is 0. The third-order valence-electron chi connectivity index (χ3n) is 2.83. The fourth-order valence-corrected chi connectivity index (χ4v) is 3.23. The summed E-state index contributed by atoms with van der Waals surface area (Å²) in [5, 5.41) is 9.87. The molecule has 0 unspecified atom stereocenters. The molecule has 0 bridgehead atoms. The largest absolute Gasteiger partial charge is 0.241 e. The molecule has 0 saturated carbocycles. The zero-order valence-electron chi connectivity index (χ0n) is 9.93. The minimum absolute atomic E-state index is 0.692. The topological polar surface area (TPSA) is 36.7 Å². The minimum atomic E-state index is 0.692. The van der Waals surface area contributed by atoms with Crippen LogP contribution in [0.3, 0.4) is 0 Å². The molecule has 0 saturated heterocycles. The van der Waals surface area contributed by atoms with E-state index < -0.39 is 0 Å². The Morgan fingerprint density at radius 1 is 1.16 bits per heavy atom. The first-order valence-electron chi connectivity index (χ1n) is 5.78. The molecule has 0 amide bonds. The van der Waals surface area contributed by atoms with E-state index in [4.69, 9.17) is 5.26 Å². The Bertz CT molecular complexity index is 769. The smallest absolute Gasteiger partial charge is 0.0991 e. The second kappa shape index (κ2) is 5.12. The van der Waals surface area contributed by atoms with Crippen LogP contribution in [0, 0.1) is 11.3 Å². The molecule has 0 fully saturated rings. The van der Waals surface area contributed by atoms with Gasteiger partial charge in [0, 0.05) is 10.9 Å². The molecule has 2 nitrogen and oxygen atoms in total. The number of rotatable bonds is 2. The third-order valence-corrected chi connectivity index (χ3v) is 4.36. The van der Waals surface area contributed by atoms with Gasteiger partial charge in [0.25, 0.3) is 0 Å². The number of benzene rings is 2. The number of nitrogens with zero attached hydrogens (tertiary/aromatic N) is 2. The number of aromatic nitrogens is 1. The molecule has 92 valence electrons. The summed E-state index contributed by atoms with van der Waals surface area (Å²) < 4.78 is 2.25. The summed E-state index contributed by atoms with van der Waals surface area (Å²) in [4.78, 5) is 4.63. The highest BCUT2D eigenvalue weighted by Gasteiger charge is 2.05. The van der Waals surface area contributed by atoms with Gasteiger partial charge in [-0.25, -0.2) is 4.98 Å². The Morgan fingerprint density at radius 3 is 2.68 bits per heavy atom. The first kappa shape index (κ1) is 12.3. The fraction of sp³-hybridized carbons (Fsp3) is 0.0667. The molecule has 1 heterocycles. The van der Waals surface area contributed by atoms with E-state index in [0.717, 1.165) is 21.4 Å². The number of thiazole rings is 1. The van der Waals surface area contributed by atoms with Crippen molar-refractivity contribution in [1.29, 1.82) is 5.26 Å². The number of nitriles is 1. The van der Waals surface area contributed by atoms with E-state index in [1.54, 1.807) is 11.3 Å². The SMILES string of the molecule is N#Cc1ccc(Cc2nc3cc(Br)ccc3s2)cc1. The summed E-state index contributed by atoms with van der Waals surface area (Å²) in [7, 11) is 0. The monoisotopic (exact) mass is 328 g/mol. The number of halogens is 1. The van der Waals surface area contributed by atoms with Gasteiger partial charge < -0.3 is 0 Å². The molecular formula is C15H9BrN2S. The van der Waals surface area contributed by atoms with Crippen LogP contribution < -0.4 is 0 Å². The van der Waals surface area contributed by atoms with Crippen molar-refractivity contribution in [3.05, 3.63) is 63.1 Å². The molecule has 19 heavy (non-hydrogen) atoms. The van der Waals surface area contributed by atoms with E-state index in [9.17, 15) is 0 Å². The molecule has 0 atom stereocenters. The summed E-state index contributed by atoms with van der Waals surface area (Å²) in [6.45, 7) is 0. The second-order valence-electron chi connectivity index (χ2n) is 4.21. The molecule has 0 radical (unpaired) electrons. The van der Waals surface area contributed by atoms with E-state index in [0.29, 0.717) is 5.56 Å². The molecule has 0 spiro atoms. The van der Waals surface area contributed by atoms with Gasteiger partial charge in [-0.2, -0.15) is 5.26 Å². The van der Waals surface area contributed by atoms with E-state index in [2.05, 4.69) is 33.0 Å². The van der Waals surface area contributed by atoms with E-state index in [-0.39, 0.29) is 0 Å². The van der Waals surface area contributed by atoms with Crippen LogP contribution in [0.2, 0.25) is 0 Å². The van der Waals surface area contributed by atoms with Crippen LogP contribution in [0.1, 0.15) is 16.1 Å². The minimum Gasteiger partial charge on any atom is -0.241 e. The van der Waals surface area contributed by atoms with Crippen molar-refractivity contribution in [2.75, 3.05) is 0 Å². The maximum Gasteiger partial charge on any atom is 0.0991 e. The Morgan fingerprint density at radius 2 is 1.95 bits per heavy atom.